The largest absolute Gasteiger partial charge is 0.478 e. The van der Waals surface area contributed by atoms with E-state index < -0.39 is 21.9 Å². The minimum Gasteiger partial charge on any atom is -0.478 e. The monoisotopic (exact) mass is 535 g/mol. The number of carboxylic acids is 1. The Kier molecular flexibility index (Phi) is 8.41. The Morgan fingerprint density at radius 3 is 2.30 bits per heavy atom. The molecule has 0 aliphatic carbocycles. The van der Waals surface area contributed by atoms with Gasteiger partial charge in [0.1, 0.15) is 0 Å². The van der Waals surface area contributed by atoms with Crippen molar-refractivity contribution in [2.75, 3.05) is 13.1 Å². The zero-order valence-corrected chi connectivity index (χ0v) is 21.4. The standard InChI is InChI=1S/C29H26ClNO5S/c30-24-8-4-7-22(17-24)27(32)19-31-16-15-20-9-12-25(13-10-20)37(35,36)28-18-23(29(33)34)11-14-26(28)21-5-2-1-3-6-21/h1-14,17-18,27,31-32H,15-16,19H2,(H,33,34). The second-order valence-electron chi connectivity index (χ2n) is 8.55. The summed E-state index contributed by atoms with van der Waals surface area (Å²) in [4.78, 5) is 11.6. The number of aromatic carboxylic acids is 1. The van der Waals surface area contributed by atoms with E-state index in [-0.39, 0.29) is 15.4 Å². The number of aliphatic hydroxyl groups is 1. The van der Waals surface area contributed by atoms with Gasteiger partial charge in [0.2, 0.25) is 9.84 Å². The highest BCUT2D eigenvalue weighted by atomic mass is 35.5. The van der Waals surface area contributed by atoms with Crippen molar-refractivity contribution in [3.05, 3.63) is 119 Å². The van der Waals surface area contributed by atoms with Gasteiger partial charge in [0.25, 0.3) is 0 Å². The number of halogens is 1. The van der Waals surface area contributed by atoms with Gasteiger partial charge in [-0.05, 0) is 66.1 Å². The summed E-state index contributed by atoms with van der Waals surface area (Å²) in [6.45, 7) is 0.942. The lowest BCUT2D eigenvalue weighted by atomic mass is 10.0. The molecule has 190 valence electrons. The van der Waals surface area contributed by atoms with Crippen LogP contribution >= 0.6 is 11.6 Å². The van der Waals surface area contributed by atoms with Crippen LogP contribution in [0.4, 0.5) is 0 Å². The maximum atomic E-state index is 13.6. The second kappa shape index (κ2) is 11.7. The molecular formula is C29H26ClNO5S. The predicted octanol–water partition coefficient (Wildman–Crippen LogP) is 5.40. The topological polar surface area (TPSA) is 104 Å². The summed E-state index contributed by atoms with van der Waals surface area (Å²) in [5.41, 5.74) is 2.68. The lowest BCUT2D eigenvalue weighted by molar-refractivity contribution is 0.0696. The van der Waals surface area contributed by atoms with Gasteiger partial charge < -0.3 is 15.5 Å². The second-order valence-corrected chi connectivity index (χ2v) is 10.9. The Labute approximate surface area is 221 Å². The van der Waals surface area contributed by atoms with Gasteiger partial charge in [-0.1, -0.05) is 72.3 Å². The summed E-state index contributed by atoms with van der Waals surface area (Å²) in [5, 5.41) is 23.5. The van der Waals surface area contributed by atoms with Gasteiger partial charge in [-0.15, -0.1) is 0 Å². The Bertz CT molecular complexity index is 1490. The molecule has 0 saturated heterocycles. The zero-order chi connectivity index (χ0) is 26.4. The van der Waals surface area contributed by atoms with E-state index in [9.17, 15) is 23.4 Å². The van der Waals surface area contributed by atoms with Crippen LogP contribution in [0.5, 0.6) is 0 Å². The average Bonchev–Trinajstić information content (AvgIpc) is 2.91. The number of aliphatic hydroxyl groups excluding tert-OH is 1. The van der Waals surface area contributed by atoms with Crippen molar-refractivity contribution in [2.24, 2.45) is 0 Å². The van der Waals surface area contributed by atoms with Crippen molar-refractivity contribution in [3.63, 3.8) is 0 Å². The van der Waals surface area contributed by atoms with E-state index in [1.807, 2.05) is 12.1 Å². The van der Waals surface area contributed by atoms with Crippen LogP contribution in [0.25, 0.3) is 11.1 Å². The first kappa shape index (κ1) is 26.6. The number of hydrogen-bond acceptors (Lipinski definition) is 5. The molecule has 4 aromatic rings. The highest BCUT2D eigenvalue weighted by Crippen LogP contribution is 2.32. The van der Waals surface area contributed by atoms with Crippen molar-refractivity contribution in [1.82, 2.24) is 5.32 Å². The molecule has 3 N–H and O–H groups in total. The van der Waals surface area contributed by atoms with Crippen LogP contribution < -0.4 is 5.32 Å². The molecule has 0 radical (unpaired) electrons. The Morgan fingerprint density at radius 1 is 0.892 bits per heavy atom. The lowest BCUT2D eigenvalue weighted by Gasteiger charge is -2.13. The van der Waals surface area contributed by atoms with E-state index in [0.717, 1.165) is 11.1 Å². The molecule has 0 aromatic heterocycles. The molecule has 1 atom stereocenters. The van der Waals surface area contributed by atoms with Crippen LogP contribution in [-0.4, -0.2) is 37.7 Å². The fourth-order valence-corrected chi connectivity index (χ4v) is 5.70. The molecule has 0 amide bonds. The lowest BCUT2D eigenvalue weighted by Crippen LogP contribution is -2.23. The number of carbonyl (C=O) groups is 1. The van der Waals surface area contributed by atoms with Gasteiger partial charge >= 0.3 is 5.97 Å². The number of sulfone groups is 1. The third kappa shape index (κ3) is 6.45. The van der Waals surface area contributed by atoms with Crippen molar-refractivity contribution >= 4 is 27.4 Å². The van der Waals surface area contributed by atoms with Crippen molar-refractivity contribution < 1.29 is 23.4 Å². The fourth-order valence-electron chi connectivity index (χ4n) is 4.00. The Hall–Kier alpha value is -3.49. The van der Waals surface area contributed by atoms with Crippen LogP contribution in [0.3, 0.4) is 0 Å². The highest BCUT2D eigenvalue weighted by molar-refractivity contribution is 7.91. The van der Waals surface area contributed by atoms with Gasteiger partial charge in [0.05, 0.1) is 21.5 Å². The average molecular weight is 536 g/mol. The van der Waals surface area contributed by atoms with Crippen LogP contribution in [0.1, 0.15) is 27.6 Å². The maximum absolute atomic E-state index is 13.6. The van der Waals surface area contributed by atoms with Gasteiger partial charge in [-0.2, -0.15) is 0 Å². The molecule has 0 saturated carbocycles. The van der Waals surface area contributed by atoms with Crippen LogP contribution in [0.2, 0.25) is 5.02 Å². The van der Waals surface area contributed by atoms with Crippen LogP contribution in [0, 0.1) is 0 Å². The number of benzene rings is 4. The fraction of sp³-hybridized carbons (Fsp3) is 0.138. The maximum Gasteiger partial charge on any atom is 0.335 e. The summed E-state index contributed by atoms with van der Waals surface area (Å²) < 4.78 is 27.1. The normalized spacial score (nSPS) is 12.3. The first-order chi connectivity index (χ1) is 17.8. The Morgan fingerprint density at radius 2 is 1.62 bits per heavy atom. The third-order valence-corrected chi connectivity index (χ3v) is 8.04. The summed E-state index contributed by atoms with van der Waals surface area (Å²) >= 11 is 5.98. The third-order valence-electron chi connectivity index (χ3n) is 6.00. The molecule has 8 heteroatoms. The number of nitrogens with one attached hydrogen (secondary N) is 1. The van der Waals surface area contributed by atoms with Gasteiger partial charge in [0.15, 0.2) is 0 Å². The van der Waals surface area contributed by atoms with E-state index in [4.69, 9.17) is 11.6 Å². The molecule has 6 nitrogen and oxygen atoms in total. The summed E-state index contributed by atoms with van der Waals surface area (Å²) in [7, 11) is -3.98. The molecule has 1 unspecified atom stereocenters. The van der Waals surface area contributed by atoms with Crippen LogP contribution in [0.15, 0.2) is 107 Å². The van der Waals surface area contributed by atoms with Crippen molar-refractivity contribution in [2.45, 2.75) is 22.3 Å². The SMILES string of the molecule is O=C(O)c1ccc(-c2ccccc2)c(S(=O)(=O)c2ccc(CCNCC(O)c3cccc(Cl)c3)cc2)c1. The molecule has 0 heterocycles. The smallest absolute Gasteiger partial charge is 0.335 e. The number of rotatable bonds is 10. The summed E-state index contributed by atoms with van der Waals surface area (Å²) in [5.74, 6) is -1.20. The minimum absolute atomic E-state index is 0.0528. The molecule has 0 spiro atoms. The molecule has 4 aromatic carbocycles. The quantitative estimate of drug-likeness (QED) is 0.235. The molecule has 37 heavy (non-hydrogen) atoms. The van der Waals surface area contributed by atoms with Gasteiger partial charge in [0, 0.05) is 17.1 Å². The van der Waals surface area contributed by atoms with E-state index in [0.29, 0.717) is 35.7 Å². The number of carboxylic acid groups (broad SMARTS) is 1. The molecule has 0 aliphatic rings. The van der Waals surface area contributed by atoms with Crippen LogP contribution in [-0.2, 0) is 16.3 Å². The van der Waals surface area contributed by atoms with Gasteiger partial charge in [-0.3, -0.25) is 0 Å². The highest BCUT2D eigenvalue weighted by Gasteiger charge is 2.24. The molecular weight excluding hydrogens is 510 g/mol. The summed E-state index contributed by atoms with van der Waals surface area (Å²) in [6, 6.07) is 26.8. The first-order valence-electron chi connectivity index (χ1n) is 11.7. The minimum atomic E-state index is -3.98. The van der Waals surface area contributed by atoms with E-state index in [1.165, 1.54) is 30.3 Å². The first-order valence-corrected chi connectivity index (χ1v) is 13.5. The molecule has 0 bridgehead atoms. The zero-order valence-electron chi connectivity index (χ0n) is 19.8. The van der Waals surface area contributed by atoms with Gasteiger partial charge in [-0.25, -0.2) is 13.2 Å². The van der Waals surface area contributed by atoms with E-state index in [1.54, 1.807) is 54.6 Å². The predicted molar refractivity (Wildman–Crippen MR) is 144 cm³/mol. The van der Waals surface area contributed by atoms with E-state index >= 15 is 0 Å². The number of hydrogen-bond donors (Lipinski definition) is 3. The van der Waals surface area contributed by atoms with E-state index in [2.05, 4.69) is 5.32 Å². The van der Waals surface area contributed by atoms with Crippen molar-refractivity contribution in [1.29, 1.82) is 0 Å². The summed E-state index contributed by atoms with van der Waals surface area (Å²) in [6.07, 6.45) is -0.0570. The Balaban J connectivity index is 1.47. The van der Waals surface area contributed by atoms with Crippen molar-refractivity contribution in [3.8, 4) is 11.1 Å². The molecule has 4 rings (SSSR count). The molecule has 0 fully saturated rings. The molecule has 0 aliphatic heterocycles.